The molecule has 1 atom stereocenters. The number of nitrogens with one attached hydrogen (secondary N) is 1. The lowest BCUT2D eigenvalue weighted by Crippen LogP contribution is -2.34. The van der Waals surface area contributed by atoms with Crippen molar-refractivity contribution in [3.05, 3.63) is 59.7 Å². The largest absolute Gasteiger partial charge is 0.331 e. The molecule has 0 bridgehead atoms. The minimum Gasteiger partial charge on any atom is -0.328 e. The molecule has 2 aliphatic rings. The summed E-state index contributed by atoms with van der Waals surface area (Å²) >= 11 is 5.63. The zero-order valence-corrected chi connectivity index (χ0v) is 16.4. The first kappa shape index (κ1) is 18.8. The van der Waals surface area contributed by atoms with Gasteiger partial charge in [0, 0.05) is 12.2 Å². The fourth-order valence-electron chi connectivity index (χ4n) is 3.59. The summed E-state index contributed by atoms with van der Waals surface area (Å²) in [5.41, 5.74) is 2.26. The van der Waals surface area contributed by atoms with E-state index in [2.05, 4.69) is 5.32 Å². The van der Waals surface area contributed by atoms with Crippen LogP contribution >= 0.6 is 11.6 Å². The van der Waals surface area contributed by atoms with Crippen molar-refractivity contribution in [2.24, 2.45) is 0 Å². The van der Waals surface area contributed by atoms with Gasteiger partial charge < -0.3 is 10.2 Å². The number of carbonyl (C=O) groups excluding carboxylic acids is 2. The number of sulfonamides is 1. The summed E-state index contributed by atoms with van der Waals surface area (Å²) in [6.45, 7) is 0.490. The molecule has 0 spiro atoms. The Hall–Kier alpha value is -2.58. The van der Waals surface area contributed by atoms with E-state index in [4.69, 9.17) is 11.6 Å². The average Bonchev–Trinajstić information content (AvgIpc) is 3.31. The van der Waals surface area contributed by atoms with Gasteiger partial charge in [-0.2, -0.15) is 0 Å². The van der Waals surface area contributed by atoms with Gasteiger partial charge in [0.1, 0.15) is 5.88 Å². The number of anilines is 1. The second-order valence-corrected chi connectivity index (χ2v) is 8.80. The second kappa shape index (κ2) is 7.10. The van der Waals surface area contributed by atoms with Gasteiger partial charge in [0.05, 0.1) is 17.5 Å². The van der Waals surface area contributed by atoms with Gasteiger partial charge in [0.25, 0.3) is 10.0 Å². The summed E-state index contributed by atoms with van der Waals surface area (Å²) in [7, 11) is -4.00. The van der Waals surface area contributed by atoms with Crippen LogP contribution in [0.5, 0.6) is 0 Å². The number of nitrogens with zero attached hydrogens (tertiary/aromatic N) is 2. The minimum absolute atomic E-state index is 0.0269. The molecule has 28 heavy (non-hydrogen) atoms. The van der Waals surface area contributed by atoms with E-state index in [1.807, 2.05) is 30.3 Å². The van der Waals surface area contributed by atoms with Gasteiger partial charge in [-0.15, -0.1) is 11.6 Å². The molecular formula is C19H18ClN3O4S. The molecule has 0 aromatic heterocycles. The molecule has 1 unspecified atom stereocenters. The number of benzene rings is 2. The first-order valence-corrected chi connectivity index (χ1v) is 10.8. The van der Waals surface area contributed by atoms with E-state index in [9.17, 15) is 18.0 Å². The summed E-state index contributed by atoms with van der Waals surface area (Å²) < 4.78 is 27.0. The van der Waals surface area contributed by atoms with Crippen molar-refractivity contribution in [1.29, 1.82) is 0 Å². The Morgan fingerprint density at radius 1 is 1.18 bits per heavy atom. The SMILES string of the molecule is O=C(CCl)N1CCc2cc(S(=O)(=O)N3CC(c4ccccc4)NC3=O)ccc21. The predicted molar refractivity (Wildman–Crippen MR) is 105 cm³/mol. The number of halogens is 1. The van der Waals surface area contributed by atoms with E-state index in [0.717, 1.165) is 15.4 Å². The number of fused-ring (bicyclic) bond motifs is 1. The maximum Gasteiger partial charge on any atom is 0.331 e. The molecule has 0 radical (unpaired) electrons. The van der Waals surface area contributed by atoms with Gasteiger partial charge in [-0.25, -0.2) is 17.5 Å². The van der Waals surface area contributed by atoms with Crippen LogP contribution in [-0.2, 0) is 21.2 Å². The van der Waals surface area contributed by atoms with Crippen molar-refractivity contribution in [1.82, 2.24) is 9.62 Å². The van der Waals surface area contributed by atoms with E-state index >= 15 is 0 Å². The Kier molecular flexibility index (Phi) is 4.76. The number of urea groups is 1. The normalized spacial score (nSPS) is 18.9. The molecule has 3 amide bonds. The predicted octanol–water partition coefficient (Wildman–Crippen LogP) is 2.27. The third kappa shape index (κ3) is 3.12. The molecule has 2 aromatic carbocycles. The van der Waals surface area contributed by atoms with Crippen LogP contribution in [-0.4, -0.2) is 43.6 Å². The molecule has 1 saturated heterocycles. The molecular weight excluding hydrogens is 402 g/mol. The first-order valence-electron chi connectivity index (χ1n) is 8.79. The quantitative estimate of drug-likeness (QED) is 0.770. The van der Waals surface area contributed by atoms with Crippen molar-refractivity contribution in [2.45, 2.75) is 17.4 Å². The summed E-state index contributed by atoms with van der Waals surface area (Å²) in [6, 6.07) is 12.8. The van der Waals surface area contributed by atoms with Crippen molar-refractivity contribution in [3.63, 3.8) is 0 Å². The van der Waals surface area contributed by atoms with Crippen molar-refractivity contribution in [2.75, 3.05) is 23.9 Å². The Morgan fingerprint density at radius 3 is 2.64 bits per heavy atom. The van der Waals surface area contributed by atoms with Gasteiger partial charge in [-0.1, -0.05) is 30.3 Å². The Morgan fingerprint density at radius 2 is 1.93 bits per heavy atom. The van der Waals surface area contributed by atoms with Crippen LogP contribution < -0.4 is 10.2 Å². The third-order valence-corrected chi connectivity index (χ3v) is 7.00. The lowest BCUT2D eigenvalue weighted by molar-refractivity contribution is -0.116. The summed E-state index contributed by atoms with van der Waals surface area (Å²) in [5, 5.41) is 2.72. The zero-order chi connectivity index (χ0) is 19.9. The lowest BCUT2D eigenvalue weighted by atomic mass is 10.1. The maximum absolute atomic E-state index is 13.1. The number of rotatable bonds is 4. The molecule has 2 heterocycles. The van der Waals surface area contributed by atoms with Crippen LogP contribution in [0, 0.1) is 0 Å². The molecule has 9 heteroatoms. The number of hydrogen-bond donors (Lipinski definition) is 1. The van der Waals surface area contributed by atoms with Gasteiger partial charge in [0.2, 0.25) is 5.91 Å². The molecule has 1 N–H and O–H groups in total. The number of amides is 3. The van der Waals surface area contributed by atoms with Crippen LogP contribution in [0.3, 0.4) is 0 Å². The van der Waals surface area contributed by atoms with Gasteiger partial charge in [-0.3, -0.25) is 4.79 Å². The minimum atomic E-state index is -4.00. The van der Waals surface area contributed by atoms with Gasteiger partial charge in [-0.05, 0) is 35.7 Å². The van der Waals surface area contributed by atoms with Gasteiger partial charge >= 0.3 is 6.03 Å². The average molecular weight is 420 g/mol. The number of hydrogen-bond acceptors (Lipinski definition) is 4. The zero-order valence-electron chi connectivity index (χ0n) is 14.8. The fourth-order valence-corrected chi connectivity index (χ4v) is 5.14. The highest BCUT2D eigenvalue weighted by atomic mass is 35.5. The van der Waals surface area contributed by atoms with Crippen molar-refractivity contribution in [3.8, 4) is 0 Å². The van der Waals surface area contributed by atoms with Crippen molar-refractivity contribution < 1.29 is 18.0 Å². The third-order valence-electron chi connectivity index (χ3n) is 5.02. The van der Waals surface area contributed by atoms with Gasteiger partial charge in [0.15, 0.2) is 0 Å². The monoisotopic (exact) mass is 419 g/mol. The van der Waals surface area contributed by atoms with E-state index < -0.39 is 22.1 Å². The highest BCUT2D eigenvalue weighted by Gasteiger charge is 2.39. The second-order valence-electron chi connectivity index (χ2n) is 6.67. The van der Waals surface area contributed by atoms with E-state index in [1.165, 1.54) is 12.1 Å². The van der Waals surface area contributed by atoms with Crippen molar-refractivity contribution >= 4 is 39.2 Å². The van der Waals surface area contributed by atoms with E-state index in [1.54, 1.807) is 11.0 Å². The van der Waals surface area contributed by atoms with Crippen LogP contribution in [0.15, 0.2) is 53.4 Å². The highest BCUT2D eigenvalue weighted by Crippen LogP contribution is 2.32. The lowest BCUT2D eigenvalue weighted by Gasteiger charge is -2.18. The van der Waals surface area contributed by atoms with Crippen LogP contribution in [0.2, 0.25) is 0 Å². The van der Waals surface area contributed by atoms with Crippen LogP contribution in [0.1, 0.15) is 17.2 Å². The molecule has 7 nitrogen and oxygen atoms in total. The van der Waals surface area contributed by atoms with Crippen LogP contribution in [0.25, 0.3) is 0 Å². The Balaban J connectivity index is 1.61. The highest BCUT2D eigenvalue weighted by molar-refractivity contribution is 7.89. The molecule has 146 valence electrons. The summed E-state index contributed by atoms with van der Waals surface area (Å²) in [5.74, 6) is -0.352. The first-order chi connectivity index (χ1) is 13.4. The fraction of sp³-hybridized carbons (Fsp3) is 0.263. The Bertz CT molecular complexity index is 1040. The van der Waals surface area contributed by atoms with E-state index in [-0.39, 0.29) is 23.2 Å². The standard InChI is InChI=1S/C19H18ClN3O4S/c20-11-18(24)22-9-8-14-10-15(6-7-17(14)22)28(26,27)23-12-16(21-19(23)25)13-4-2-1-3-5-13/h1-7,10,16H,8-9,11-12H2,(H,21,25). The van der Waals surface area contributed by atoms with Crippen LogP contribution in [0.4, 0.5) is 10.5 Å². The molecule has 0 saturated carbocycles. The molecule has 2 aromatic rings. The number of carbonyl (C=O) groups is 2. The Labute approximate surface area is 167 Å². The molecule has 1 fully saturated rings. The summed E-state index contributed by atoms with van der Waals surface area (Å²) in [6.07, 6.45) is 0.542. The number of alkyl halides is 1. The van der Waals surface area contributed by atoms with E-state index in [0.29, 0.717) is 18.7 Å². The maximum atomic E-state index is 13.1. The molecule has 0 aliphatic carbocycles. The molecule has 4 rings (SSSR count). The summed E-state index contributed by atoms with van der Waals surface area (Å²) in [4.78, 5) is 25.8. The smallest absolute Gasteiger partial charge is 0.328 e. The topological polar surface area (TPSA) is 86.8 Å². The molecule has 2 aliphatic heterocycles.